The van der Waals surface area contributed by atoms with Crippen LogP contribution in [0.25, 0.3) is 5.69 Å². The van der Waals surface area contributed by atoms with Crippen molar-refractivity contribution in [3.63, 3.8) is 0 Å². The summed E-state index contributed by atoms with van der Waals surface area (Å²) in [5, 5.41) is 15.2. The van der Waals surface area contributed by atoms with E-state index in [0.717, 1.165) is 23.6 Å². The monoisotopic (exact) mass is 231 g/mol. The molecule has 0 aliphatic rings. The molecule has 1 heterocycles. The summed E-state index contributed by atoms with van der Waals surface area (Å²) in [4.78, 5) is 0. The van der Waals surface area contributed by atoms with Gasteiger partial charge in [-0.15, -0.1) is 5.10 Å². The summed E-state index contributed by atoms with van der Waals surface area (Å²) in [6.45, 7) is 7.07. The van der Waals surface area contributed by atoms with E-state index in [2.05, 4.69) is 47.7 Å². The van der Waals surface area contributed by atoms with Crippen molar-refractivity contribution in [2.75, 3.05) is 6.54 Å². The molecule has 0 aliphatic heterocycles. The number of para-hydroxylation sites is 1. The van der Waals surface area contributed by atoms with Crippen LogP contribution >= 0.6 is 0 Å². The average molecular weight is 231 g/mol. The predicted octanol–water partition coefficient (Wildman–Crippen LogP) is 1.64. The quantitative estimate of drug-likeness (QED) is 0.869. The summed E-state index contributed by atoms with van der Waals surface area (Å²) < 4.78 is 1.79. The highest BCUT2D eigenvalue weighted by Gasteiger charge is 2.15. The fourth-order valence-corrected chi connectivity index (χ4v) is 1.83. The molecule has 17 heavy (non-hydrogen) atoms. The third-order valence-corrected chi connectivity index (χ3v) is 2.73. The van der Waals surface area contributed by atoms with Gasteiger partial charge in [0.05, 0.1) is 11.7 Å². The van der Waals surface area contributed by atoms with E-state index in [4.69, 9.17) is 0 Å². The number of tetrazole rings is 1. The minimum Gasteiger partial charge on any atom is -0.308 e. The highest BCUT2D eigenvalue weighted by Crippen LogP contribution is 2.16. The van der Waals surface area contributed by atoms with Gasteiger partial charge in [-0.05, 0) is 42.4 Å². The van der Waals surface area contributed by atoms with Gasteiger partial charge in [0, 0.05) is 0 Å². The number of nitrogens with zero attached hydrogens (tertiary/aromatic N) is 4. The van der Waals surface area contributed by atoms with Crippen LogP contribution in [0.4, 0.5) is 0 Å². The van der Waals surface area contributed by atoms with Crippen LogP contribution in [0.3, 0.4) is 0 Å². The fourth-order valence-electron chi connectivity index (χ4n) is 1.83. The van der Waals surface area contributed by atoms with Crippen molar-refractivity contribution >= 4 is 0 Å². The summed E-state index contributed by atoms with van der Waals surface area (Å²) in [6, 6.07) is 8.21. The van der Waals surface area contributed by atoms with E-state index in [1.54, 1.807) is 4.68 Å². The first-order valence-corrected chi connectivity index (χ1v) is 5.81. The molecular weight excluding hydrogens is 214 g/mol. The lowest BCUT2D eigenvalue weighted by molar-refractivity contribution is 0.550. The van der Waals surface area contributed by atoms with Crippen molar-refractivity contribution < 1.29 is 0 Å². The van der Waals surface area contributed by atoms with Gasteiger partial charge in [-0.1, -0.05) is 25.1 Å². The molecule has 1 N–H and O–H groups in total. The second-order valence-corrected chi connectivity index (χ2v) is 4.01. The van der Waals surface area contributed by atoms with Crippen molar-refractivity contribution in [1.82, 2.24) is 25.5 Å². The molecule has 0 bridgehead atoms. The number of rotatable bonds is 4. The first-order valence-electron chi connectivity index (χ1n) is 5.81. The molecule has 5 nitrogen and oxygen atoms in total. The van der Waals surface area contributed by atoms with E-state index >= 15 is 0 Å². The minimum absolute atomic E-state index is 0.134. The van der Waals surface area contributed by atoms with Crippen LogP contribution in [-0.2, 0) is 0 Å². The Morgan fingerprint density at radius 3 is 2.82 bits per heavy atom. The van der Waals surface area contributed by atoms with Crippen LogP contribution in [0.1, 0.15) is 31.3 Å². The zero-order valence-electron chi connectivity index (χ0n) is 10.4. The zero-order valence-corrected chi connectivity index (χ0v) is 10.4. The molecule has 2 aromatic rings. The third kappa shape index (κ3) is 2.34. The molecule has 0 spiro atoms. The molecule has 1 aromatic carbocycles. The number of nitrogens with one attached hydrogen (secondary N) is 1. The van der Waals surface area contributed by atoms with Crippen LogP contribution in [0, 0.1) is 6.92 Å². The molecule has 2 rings (SSSR count). The molecule has 1 atom stereocenters. The van der Waals surface area contributed by atoms with Gasteiger partial charge >= 0.3 is 0 Å². The van der Waals surface area contributed by atoms with Gasteiger partial charge in [0.25, 0.3) is 0 Å². The Bertz CT molecular complexity index is 491. The average Bonchev–Trinajstić information content (AvgIpc) is 2.79. The molecule has 1 unspecified atom stereocenters. The highest BCUT2D eigenvalue weighted by atomic mass is 15.5. The normalized spacial score (nSPS) is 12.6. The van der Waals surface area contributed by atoms with Gasteiger partial charge in [-0.25, -0.2) is 0 Å². The van der Waals surface area contributed by atoms with Crippen molar-refractivity contribution in [3.8, 4) is 5.69 Å². The summed E-state index contributed by atoms with van der Waals surface area (Å²) in [7, 11) is 0. The number of hydrogen-bond donors (Lipinski definition) is 1. The maximum atomic E-state index is 4.09. The molecule has 0 amide bonds. The van der Waals surface area contributed by atoms with Crippen molar-refractivity contribution in [2.45, 2.75) is 26.8 Å². The Labute approximate surface area is 101 Å². The second-order valence-electron chi connectivity index (χ2n) is 4.01. The fraction of sp³-hybridized carbons (Fsp3) is 0.417. The molecule has 0 radical (unpaired) electrons. The van der Waals surface area contributed by atoms with Gasteiger partial charge in [-0.2, -0.15) is 4.68 Å². The molecule has 0 saturated heterocycles. The maximum absolute atomic E-state index is 4.09. The Hall–Kier alpha value is -1.75. The first kappa shape index (κ1) is 11.7. The maximum Gasteiger partial charge on any atom is 0.173 e. The Morgan fingerprint density at radius 1 is 1.35 bits per heavy atom. The van der Waals surface area contributed by atoms with E-state index in [1.165, 1.54) is 0 Å². The SMILES string of the molecule is CCNC(C)c1nnnn1-c1ccccc1C. The molecule has 0 saturated carbocycles. The van der Waals surface area contributed by atoms with Crippen LogP contribution < -0.4 is 5.32 Å². The minimum atomic E-state index is 0.134. The van der Waals surface area contributed by atoms with Crippen molar-refractivity contribution in [2.24, 2.45) is 0 Å². The molecule has 1 aromatic heterocycles. The number of benzene rings is 1. The summed E-state index contributed by atoms with van der Waals surface area (Å²) in [6.07, 6.45) is 0. The molecular formula is C12H17N5. The Morgan fingerprint density at radius 2 is 2.12 bits per heavy atom. The van der Waals surface area contributed by atoms with E-state index in [9.17, 15) is 0 Å². The lowest BCUT2D eigenvalue weighted by Crippen LogP contribution is -2.21. The van der Waals surface area contributed by atoms with Gasteiger partial charge in [-0.3, -0.25) is 0 Å². The number of hydrogen-bond acceptors (Lipinski definition) is 4. The Kier molecular flexibility index (Phi) is 3.49. The Balaban J connectivity index is 2.40. The summed E-state index contributed by atoms with van der Waals surface area (Å²) >= 11 is 0. The van der Waals surface area contributed by atoms with Gasteiger partial charge in [0.2, 0.25) is 0 Å². The number of aromatic nitrogens is 4. The third-order valence-electron chi connectivity index (χ3n) is 2.73. The first-order chi connectivity index (χ1) is 8.24. The lowest BCUT2D eigenvalue weighted by atomic mass is 10.2. The van der Waals surface area contributed by atoms with Gasteiger partial charge in [0.1, 0.15) is 0 Å². The van der Waals surface area contributed by atoms with Crippen LogP contribution in [0.5, 0.6) is 0 Å². The van der Waals surface area contributed by atoms with E-state index in [-0.39, 0.29) is 6.04 Å². The summed E-state index contributed by atoms with van der Waals surface area (Å²) in [5.74, 6) is 0.834. The van der Waals surface area contributed by atoms with Crippen LogP contribution in [0.2, 0.25) is 0 Å². The molecule has 0 fully saturated rings. The molecule has 0 aliphatic carbocycles. The standard InChI is InChI=1S/C12H17N5/c1-4-13-10(3)12-14-15-16-17(12)11-8-6-5-7-9(11)2/h5-8,10,13H,4H2,1-3H3. The van der Waals surface area contributed by atoms with Crippen LogP contribution in [-0.4, -0.2) is 26.8 Å². The highest BCUT2D eigenvalue weighted by molar-refractivity contribution is 5.39. The lowest BCUT2D eigenvalue weighted by Gasteiger charge is -2.13. The number of aryl methyl sites for hydroxylation is 1. The molecule has 90 valence electrons. The summed E-state index contributed by atoms with van der Waals surface area (Å²) in [5.41, 5.74) is 2.18. The van der Waals surface area contributed by atoms with E-state index in [0.29, 0.717) is 0 Å². The smallest absolute Gasteiger partial charge is 0.173 e. The molecule has 5 heteroatoms. The second kappa shape index (κ2) is 5.05. The van der Waals surface area contributed by atoms with E-state index < -0.39 is 0 Å². The van der Waals surface area contributed by atoms with E-state index in [1.807, 2.05) is 18.2 Å². The van der Waals surface area contributed by atoms with Crippen molar-refractivity contribution in [3.05, 3.63) is 35.7 Å². The largest absolute Gasteiger partial charge is 0.308 e. The van der Waals surface area contributed by atoms with Crippen LogP contribution in [0.15, 0.2) is 24.3 Å². The topological polar surface area (TPSA) is 55.6 Å². The predicted molar refractivity (Wildman–Crippen MR) is 66.0 cm³/mol. The van der Waals surface area contributed by atoms with Gasteiger partial charge < -0.3 is 5.32 Å². The van der Waals surface area contributed by atoms with Gasteiger partial charge in [0.15, 0.2) is 5.82 Å². The van der Waals surface area contributed by atoms with Crippen molar-refractivity contribution in [1.29, 1.82) is 0 Å². The zero-order chi connectivity index (χ0) is 12.3.